The average molecular weight is 222 g/mol. The Morgan fingerprint density at radius 1 is 1.38 bits per heavy atom. The van der Waals surface area contributed by atoms with Gasteiger partial charge in [0.25, 0.3) is 0 Å². The highest BCUT2D eigenvalue weighted by Crippen LogP contribution is 2.37. The summed E-state index contributed by atoms with van der Waals surface area (Å²) in [4.78, 5) is 0. The van der Waals surface area contributed by atoms with E-state index < -0.39 is 17.2 Å². The van der Waals surface area contributed by atoms with Gasteiger partial charge in [0.1, 0.15) is 23.3 Å². The highest BCUT2D eigenvalue weighted by molar-refractivity contribution is 5.36. The summed E-state index contributed by atoms with van der Waals surface area (Å²) in [6.07, 6.45) is 3.05. The minimum Gasteiger partial charge on any atom is -0.324 e. The number of nitrogens with zero attached hydrogens (tertiary/aromatic N) is 1. The van der Waals surface area contributed by atoms with Gasteiger partial charge in [-0.25, -0.2) is 8.78 Å². The minimum atomic E-state index is -0.830. The molecule has 0 aromatic heterocycles. The van der Waals surface area contributed by atoms with Crippen LogP contribution in [0, 0.1) is 28.9 Å². The zero-order valence-electron chi connectivity index (χ0n) is 8.71. The first-order chi connectivity index (χ1) is 7.61. The Morgan fingerprint density at radius 2 is 1.94 bits per heavy atom. The van der Waals surface area contributed by atoms with Crippen molar-refractivity contribution >= 4 is 0 Å². The van der Waals surface area contributed by atoms with Crippen molar-refractivity contribution in [1.29, 1.82) is 5.26 Å². The van der Waals surface area contributed by atoms with Crippen LogP contribution in [0.4, 0.5) is 8.78 Å². The van der Waals surface area contributed by atoms with E-state index in [2.05, 4.69) is 0 Å². The molecule has 2 N–H and O–H groups in total. The standard InChI is InChI=1S/C12H12F2N2/c13-10-4-8(5-11(14)9(10)6-15)12(16)3-7-1-2-7/h4-5,7,12H,1-3,16H2/t12-/m0/s1. The molecule has 1 aromatic carbocycles. The summed E-state index contributed by atoms with van der Waals surface area (Å²) in [7, 11) is 0. The summed E-state index contributed by atoms with van der Waals surface area (Å²) in [6, 6.07) is 3.47. The van der Waals surface area contributed by atoms with Crippen molar-refractivity contribution in [2.45, 2.75) is 25.3 Å². The third kappa shape index (κ3) is 2.20. The Hall–Kier alpha value is -1.47. The van der Waals surface area contributed by atoms with Crippen LogP contribution < -0.4 is 5.73 Å². The largest absolute Gasteiger partial charge is 0.324 e. The molecule has 1 atom stereocenters. The summed E-state index contributed by atoms with van der Waals surface area (Å²) in [5.41, 5.74) is 5.74. The van der Waals surface area contributed by atoms with Gasteiger partial charge in [-0.15, -0.1) is 0 Å². The van der Waals surface area contributed by atoms with E-state index in [1.165, 1.54) is 6.07 Å². The predicted octanol–water partition coefficient (Wildman–Crippen LogP) is 2.64. The minimum absolute atomic E-state index is 0.343. The fourth-order valence-corrected chi connectivity index (χ4v) is 1.76. The van der Waals surface area contributed by atoms with Crippen molar-refractivity contribution in [3.63, 3.8) is 0 Å². The fraction of sp³-hybridized carbons (Fsp3) is 0.417. The number of nitrogens with two attached hydrogens (primary N) is 1. The molecule has 4 heteroatoms. The quantitative estimate of drug-likeness (QED) is 0.854. The molecule has 1 saturated carbocycles. The molecule has 0 radical (unpaired) electrons. The molecule has 0 saturated heterocycles. The molecule has 1 aromatic rings. The highest BCUT2D eigenvalue weighted by Gasteiger charge is 2.25. The lowest BCUT2D eigenvalue weighted by molar-refractivity contribution is 0.552. The van der Waals surface area contributed by atoms with E-state index in [0.717, 1.165) is 31.4 Å². The summed E-state index contributed by atoms with van der Waals surface area (Å²) in [5.74, 6) is -1.07. The van der Waals surface area contributed by atoms with Crippen LogP contribution in [0.15, 0.2) is 12.1 Å². The molecule has 0 aliphatic heterocycles. The van der Waals surface area contributed by atoms with Crippen LogP contribution in [-0.2, 0) is 0 Å². The molecule has 16 heavy (non-hydrogen) atoms. The lowest BCUT2D eigenvalue weighted by Crippen LogP contribution is -2.12. The summed E-state index contributed by atoms with van der Waals surface area (Å²) in [6.45, 7) is 0. The third-order valence-electron chi connectivity index (χ3n) is 2.89. The monoisotopic (exact) mass is 222 g/mol. The topological polar surface area (TPSA) is 49.8 Å². The van der Waals surface area contributed by atoms with Crippen LogP contribution in [-0.4, -0.2) is 0 Å². The first kappa shape index (κ1) is 11.0. The van der Waals surface area contributed by atoms with E-state index in [9.17, 15) is 8.78 Å². The summed E-state index contributed by atoms with van der Waals surface area (Å²) >= 11 is 0. The zero-order valence-corrected chi connectivity index (χ0v) is 8.71. The molecule has 0 heterocycles. The number of rotatable bonds is 3. The number of benzene rings is 1. The molecular weight excluding hydrogens is 210 g/mol. The average Bonchev–Trinajstić information content (AvgIpc) is 3.01. The van der Waals surface area contributed by atoms with E-state index in [4.69, 9.17) is 11.0 Å². The van der Waals surface area contributed by atoms with Gasteiger partial charge in [-0.1, -0.05) is 12.8 Å². The maximum Gasteiger partial charge on any atom is 0.144 e. The van der Waals surface area contributed by atoms with Crippen LogP contribution >= 0.6 is 0 Å². The van der Waals surface area contributed by atoms with Crippen LogP contribution in [0.5, 0.6) is 0 Å². The van der Waals surface area contributed by atoms with Gasteiger partial charge in [0.15, 0.2) is 0 Å². The van der Waals surface area contributed by atoms with E-state index in [0.29, 0.717) is 11.5 Å². The molecule has 2 nitrogen and oxygen atoms in total. The molecule has 84 valence electrons. The van der Waals surface area contributed by atoms with Crippen molar-refractivity contribution in [3.8, 4) is 6.07 Å². The van der Waals surface area contributed by atoms with Gasteiger partial charge in [-0.2, -0.15) is 5.26 Å². The van der Waals surface area contributed by atoms with Crippen LogP contribution in [0.25, 0.3) is 0 Å². The SMILES string of the molecule is N#Cc1c(F)cc([C@@H](N)CC2CC2)cc1F. The second-order valence-electron chi connectivity index (χ2n) is 4.26. The number of hydrogen-bond donors (Lipinski definition) is 1. The number of nitriles is 1. The second kappa shape index (κ2) is 4.18. The summed E-state index contributed by atoms with van der Waals surface area (Å²) in [5, 5.41) is 8.52. The zero-order chi connectivity index (χ0) is 11.7. The lowest BCUT2D eigenvalue weighted by Gasteiger charge is -2.12. The number of hydrogen-bond acceptors (Lipinski definition) is 2. The van der Waals surface area contributed by atoms with Gasteiger partial charge < -0.3 is 5.73 Å². The molecule has 0 amide bonds. The van der Waals surface area contributed by atoms with E-state index >= 15 is 0 Å². The molecule has 0 bridgehead atoms. The highest BCUT2D eigenvalue weighted by atomic mass is 19.1. The lowest BCUT2D eigenvalue weighted by atomic mass is 10.0. The van der Waals surface area contributed by atoms with Gasteiger partial charge >= 0.3 is 0 Å². The number of halogens is 2. The Morgan fingerprint density at radius 3 is 2.38 bits per heavy atom. The van der Waals surface area contributed by atoms with Gasteiger partial charge in [-0.3, -0.25) is 0 Å². The Balaban J connectivity index is 2.24. The molecule has 1 aliphatic carbocycles. The molecular formula is C12H12F2N2. The Kier molecular flexibility index (Phi) is 2.88. The van der Waals surface area contributed by atoms with E-state index in [1.54, 1.807) is 0 Å². The normalized spacial score (nSPS) is 16.9. The maximum absolute atomic E-state index is 13.3. The van der Waals surface area contributed by atoms with Crippen molar-refractivity contribution in [1.82, 2.24) is 0 Å². The van der Waals surface area contributed by atoms with E-state index in [-0.39, 0.29) is 6.04 Å². The Labute approximate surface area is 92.7 Å². The van der Waals surface area contributed by atoms with Gasteiger partial charge in [-0.05, 0) is 30.0 Å². The predicted molar refractivity (Wildman–Crippen MR) is 55.3 cm³/mol. The van der Waals surface area contributed by atoms with Crippen LogP contribution in [0.3, 0.4) is 0 Å². The van der Waals surface area contributed by atoms with Crippen molar-refractivity contribution in [2.75, 3.05) is 0 Å². The maximum atomic E-state index is 13.3. The second-order valence-corrected chi connectivity index (χ2v) is 4.26. The van der Waals surface area contributed by atoms with Gasteiger partial charge in [0, 0.05) is 6.04 Å². The first-order valence-corrected chi connectivity index (χ1v) is 5.26. The molecule has 2 rings (SSSR count). The van der Waals surface area contributed by atoms with Crippen LogP contribution in [0.1, 0.15) is 36.4 Å². The first-order valence-electron chi connectivity index (χ1n) is 5.26. The molecule has 0 unspecified atom stereocenters. The fourth-order valence-electron chi connectivity index (χ4n) is 1.76. The van der Waals surface area contributed by atoms with Crippen LogP contribution in [0.2, 0.25) is 0 Å². The van der Waals surface area contributed by atoms with Crippen molar-refractivity contribution in [3.05, 3.63) is 34.9 Å². The summed E-state index contributed by atoms with van der Waals surface area (Å²) < 4.78 is 26.6. The molecule has 1 aliphatic rings. The molecule has 1 fully saturated rings. The van der Waals surface area contributed by atoms with Crippen molar-refractivity contribution < 1.29 is 8.78 Å². The molecule has 0 spiro atoms. The third-order valence-corrected chi connectivity index (χ3v) is 2.89. The van der Waals surface area contributed by atoms with Gasteiger partial charge in [0.2, 0.25) is 0 Å². The van der Waals surface area contributed by atoms with E-state index in [1.807, 2.05) is 0 Å². The van der Waals surface area contributed by atoms with Crippen molar-refractivity contribution in [2.24, 2.45) is 11.7 Å². The Bertz CT molecular complexity index is 424. The van der Waals surface area contributed by atoms with Gasteiger partial charge in [0.05, 0.1) is 0 Å². The smallest absolute Gasteiger partial charge is 0.144 e.